The first-order valence-electron chi connectivity index (χ1n) is 6.40. The molecular formula is C13H9F3N3O4S-. The largest absolute Gasteiger partial charge is 0.530 e. The van der Waals surface area contributed by atoms with E-state index in [0.29, 0.717) is 16.9 Å². The summed E-state index contributed by atoms with van der Waals surface area (Å²) < 4.78 is 37.8. The number of hydrogen-bond acceptors (Lipinski definition) is 6. The van der Waals surface area contributed by atoms with Gasteiger partial charge in [0.25, 0.3) is 5.69 Å². The summed E-state index contributed by atoms with van der Waals surface area (Å²) in [5.41, 5.74) is -0.781. The minimum absolute atomic E-state index is 0.0310. The molecule has 0 aliphatic rings. The van der Waals surface area contributed by atoms with E-state index in [0.717, 1.165) is 5.38 Å². The van der Waals surface area contributed by atoms with Crippen LogP contribution < -0.4 is 10.4 Å². The smallest absolute Gasteiger partial charge is 0.434 e. The van der Waals surface area contributed by atoms with Gasteiger partial charge in [0.05, 0.1) is 11.0 Å². The molecule has 2 aromatic rings. The summed E-state index contributed by atoms with van der Waals surface area (Å²) in [6.45, 7) is 0. The molecule has 2 rings (SSSR count). The number of nitro benzene ring substituents is 1. The first-order valence-corrected chi connectivity index (χ1v) is 7.28. The third-order valence-corrected chi connectivity index (χ3v) is 3.95. The van der Waals surface area contributed by atoms with Crippen molar-refractivity contribution in [3.8, 4) is 0 Å². The van der Waals surface area contributed by atoms with Crippen molar-refractivity contribution in [3.05, 3.63) is 56.0 Å². The molecule has 0 radical (unpaired) electrons. The number of nitrogens with one attached hydrogen (secondary N) is 1. The molecule has 0 saturated carbocycles. The number of non-ortho nitro benzene ring substituents is 1. The molecule has 0 aliphatic carbocycles. The van der Waals surface area contributed by atoms with Crippen LogP contribution in [0.15, 0.2) is 29.6 Å². The Kier molecular flexibility index (Phi) is 5.02. The minimum Gasteiger partial charge on any atom is -0.530 e. The van der Waals surface area contributed by atoms with Gasteiger partial charge >= 0.3 is 6.18 Å². The predicted molar refractivity (Wildman–Crippen MR) is 75.2 cm³/mol. The fourth-order valence-electron chi connectivity index (χ4n) is 1.91. The molecule has 0 spiro atoms. The van der Waals surface area contributed by atoms with Gasteiger partial charge in [-0.3, -0.25) is 10.1 Å². The average molecular weight is 360 g/mol. The molecule has 1 unspecified atom stereocenters. The molecule has 1 aromatic carbocycles. The maximum atomic E-state index is 12.6. The van der Waals surface area contributed by atoms with Gasteiger partial charge in [0.2, 0.25) is 0 Å². The van der Waals surface area contributed by atoms with Crippen molar-refractivity contribution in [1.29, 1.82) is 0 Å². The number of hydrogen-bond donors (Lipinski definition) is 1. The van der Waals surface area contributed by atoms with E-state index < -0.39 is 28.9 Å². The van der Waals surface area contributed by atoms with E-state index in [9.17, 15) is 33.2 Å². The molecule has 24 heavy (non-hydrogen) atoms. The van der Waals surface area contributed by atoms with Crippen molar-refractivity contribution in [2.75, 3.05) is 0 Å². The maximum absolute atomic E-state index is 12.6. The van der Waals surface area contributed by atoms with Crippen LogP contribution in [0.2, 0.25) is 0 Å². The number of nitrogens with zero attached hydrogens (tertiary/aromatic N) is 2. The van der Waals surface area contributed by atoms with Gasteiger partial charge in [0, 0.05) is 17.5 Å². The summed E-state index contributed by atoms with van der Waals surface area (Å²) in [7, 11) is 0. The monoisotopic (exact) mass is 360 g/mol. The molecule has 1 amide bonds. The number of nitro groups is 1. The number of aromatic nitrogens is 1. The first kappa shape index (κ1) is 17.7. The second-order valence-corrected chi connectivity index (χ2v) is 5.57. The molecule has 0 fully saturated rings. The summed E-state index contributed by atoms with van der Waals surface area (Å²) in [5.74, 6) is 0. The van der Waals surface area contributed by atoms with Crippen LogP contribution in [0.3, 0.4) is 0 Å². The van der Waals surface area contributed by atoms with Gasteiger partial charge < -0.3 is 15.2 Å². The van der Waals surface area contributed by atoms with Crippen molar-refractivity contribution in [1.82, 2.24) is 10.3 Å². The van der Waals surface area contributed by atoms with E-state index in [-0.39, 0.29) is 17.1 Å². The van der Waals surface area contributed by atoms with Gasteiger partial charge in [0.1, 0.15) is 11.1 Å². The van der Waals surface area contributed by atoms with Crippen molar-refractivity contribution >= 4 is 23.1 Å². The van der Waals surface area contributed by atoms with Gasteiger partial charge in [-0.15, -0.1) is 11.3 Å². The second kappa shape index (κ2) is 6.83. The molecule has 0 aliphatic heterocycles. The van der Waals surface area contributed by atoms with Crippen LogP contribution in [0.5, 0.6) is 0 Å². The van der Waals surface area contributed by atoms with Crippen LogP contribution in [-0.4, -0.2) is 16.0 Å². The van der Waals surface area contributed by atoms with Crippen LogP contribution in [0, 0.1) is 10.1 Å². The summed E-state index contributed by atoms with van der Waals surface area (Å²) >= 11 is 0.661. The Labute approximate surface area is 136 Å². The Hall–Kier alpha value is -2.69. The zero-order valence-electron chi connectivity index (χ0n) is 11.7. The molecule has 128 valence electrons. The van der Waals surface area contributed by atoms with Crippen molar-refractivity contribution in [3.63, 3.8) is 0 Å². The number of carbonyl (C=O) groups is 1. The average Bonchev–Trinajstić information content (AvgIpc) is 2.96. The zero-order chi connectivity index (χ0) is 17.9. The van der Waals surface area contributed by atoms with Gasteiger partial charge in [-0.05, 0) is 12.0 Å². The number of rotatable bonds is 5. The fraction of sp³-hybridized carbons (Fsp3) is 0.231. The highest BCUT2D eigenvalue weighted by Crippen LogP contribution is 2.32. The number of benzene rings is 1. The Morgan fingerprint density at radius 3 is 2.42 bits per heavy atom. The van der Waals surface area contributed by atoms with Crippen LogP contribution in [0.4, 0.5) is 23.7 Å². The highest BCUT2D eigenvalue weighted by atomic mass is 32.1. The lowest BCUT2D eigenvalue weighted by Gasteiger charge is -2.18. The molecule has 0 saturated heterocycles. The van der Waals surface area contributed by atoms with Crippen LogP contribution >= 0.6 is 11.3 Å². The Bertz CT molecular complexity index is 746. The zero-order valence-corrected chi connectivity index (χ0v) is 12.6. The standard InChI is InChI=1S/C13H10F3N3O4S/c14-13(15,16)10-6-24-11(18-10)9(17-12(20)21)5-7-1-3-8(4-2-7)19(22)23/h1-4,6,9,17H,5H2,(H,20,21)/p-1. The first-order chi connectivity index (χ1) is 11.2. The summed E-state index contributed by atoms with van der Waals surface area (Å²) in [4.78, 5) is 24.2. The molecule has 7 nitrogen and oxygen atoms in total. The number of thiazole rings is 1. The fourth-order valence-corrected chi connectivity index (χ4v) is 2.79. The number of amides is 1. The number of carbonyl (C=O) groups excluding carboxylic acids is 1. The second-order valence-electron chi connectivity index (χ2n) is 4.68. The van der Waals surface area contributed by atoms with Gasteiger partial charge in [-0.2, -0.15) is 13.2 Å². The van der Waals surface area contributed by atoms with Crippen molar-refractivity contribution < 1.29 is 28.0 Å². The lowest BCUT2D eigenvalue weighted by atomic mass is 10.1. The molecule has 1 heterocycles. The normalized spacial score (nSPS) is 12.6. The van der Waals surface area contributed by atoms with E-state index in [1.807, 2.05) is 5.32 Å². The molecule has 1 N–H and O–H groups in total. The topological polar surface area (TPSA) is 108 Å². The van der Waals surface area contributed by atoms with E-state index in [1.165, 1.54) is 24.3 Å². The van der Waals surface area contributed by atoms with Crippen LogP contribution in [0.1, 0.15) is 22.3 Å². The Morgan fingerprint density at radius 2 is 1.96 bits per heavy atom. The molecule has 1 aromatic heterocycles. The quantitative estimate of drug-likeness (QED) is 0.650. The van der Waals surface area contributed by atoms with Gasteiger partial charge in [-0.25, -0.2) is 4.98 Å². The maximum Gasteiger partial charge on any atom is 0.434 e. The van der Waals surface area contributed by atoms with E-state index in [4.69, 9.17) is 0 Å². The summed E-state index contributed by atoms with van der Waals surface area (Å²) in [5, 5.41) is 24.1. The summed E-state index contributed by atoms with van der Waals surface area (Å²) in [6, 6.07) is 4.15. The highest BCUT2D eigenvalue weighted by Gasteiger charge is 2.34. The third-order valence-electron chi connectivity index (χ3n) is 2.99. The Morgan fingerprint density at radius 1 is 1.33 bits per heavy atom. The van der Waals surface area contributed by atoms with E-state index in [2.05, 4.69) is 4.98 Å². The number of halogens is 3. The molecular weight excluding hydrogens is 351 g/mol. The SMILES string of the molecule is O=C([O-])NC(Cc1ccc([N+](=O)[O-])cc1)c1nc(C(F)(F)F)cs1. The number of alkyl halides is 3. The number of carboxylic acid groups (broad SMARTS) is 1. The molecule has 1 atom stereocenters. The highest BCUT2D eigenvalue weighted by molar-refractivity contribution is 7.09. The lowest BCUT2D eigenvalue weighted by Crippen LogP contribution is -2.39. The van der Waals surface area contributed by atoms with Crippen LogP contribution in [0.25, 0.3) is 0 Å². The van der Waals surface area contributed by atoms with Gasteiger partial charge in [0.15, 0.2) is 5.69 Å². The minimum atomic E-state index is -4.63. The van der Waals surface area contributed by atoms with Crippen molar-refractivity contribution in [2.45, 2.75) is 18.6 Å². The van der Waals surface area contributed by atoms with E-state index >= 15 is 0 Å². The van der Waals surface area contributed by atoms with Crippen molar-refractivity contribution in [2.24, 2.45) is 0 Å². The lowest BCUT2D eigenvalue weighted by molar-refractivity contribution is -0.384. The third kappa shape index (κ3) is 4.41. The van der Waals surface area contributed by atoms with Crippen LogP contribution in [-0.2, 0) is 12.6 Å². The summed E-state index contributed by atoms with van der Waals surface area (Å²) in [6.07, 6.45) is -6.32. The predicted octanol–water partition coefficient (Wildman–Crippen LogP) is 2.29. The van der Waals surface area contributed by atoms with E-state index in [1.54, 1.807) is 0 Å². The molecule has 0 bridgehead atoms. The Balaban J connectivity index is 2.23. The van der Waals surface area contributed by atoms with Gasteiger partial charge in [-0.1, -0.05) is 12.1 Å². The molecule has 11 heteroatoms.